The third-order valence-electron chi connectivity index (χ3n) is 5.15. The summed E-state index contributed by atoms with van der Waals surface area (Å²) >= 11 is 3.41. The van der Waals surface area contributed by atoms with E-state index < -0.39 is 0 Å². The number of hydrogen-bond acceptors (Lipinski definition) is 3. The van der Waals surface area contributed by atoms with Gasteiger partial charge >= 0.3 is 0 Å². The molecule has 1 aliphatic heterocycles. The van der Waals surface area contributed by atoms with Crippen molar-refractivity contribution in [1.29, 1.82) is 0 Å². The SMILES string of the molecule is COc1cccc([C@@H]2Nc3c(F)cc(Br)cc3[C@@H]3C=CC[C@H]32)c1OC. The molecule has 2 aromatic carbocycles. The largest absolute Gasteiger partial charge is 0.493 e. The second-order valence-electron chi connectivity index (χ2n) is 6.41. The van der Waals surface area contributed by atoms with E-state index in [9.17, 15) is 4.39 Å². The first-order chi connectivity index (χ1) is 12.1. The number of methoxy groups -OCH3 is 2. The van der Waals surface area contributed by atoms with Gasteiger partial charge in [0.25, 0.3) is 0 Å². The number of nitrogens with one attached hydrogen (secondary N) is 1. The summed E-state index contributed by atoms with van der Waals surface area (Å²) in [6.07, 6.45) is 5.32. The molecule has 0 fully saturated rings. The van der Waals surface area contributed by atoms with Crippen molar-refractivity contribution in [1.82, 2.24) is 0 Å². The summed E-state index contributed by atoms with van der Waals surface area (Å²) in [5, 5.41) is 3.43. The highest BCUT2D eigenvalue weighted by molar-refractivity contribution is 9.10. The lowest BCUT2D eigenvalue weighted by Gasteiger charge is -2.38. The van der Waals surface area contributed by atoms with Gasteiger partial charge in [0, 0.05) is 16.0 Å². The molecular formula is C20H19BrFNO2. The molecule has 0 unspecified atom stereocenters. The summed E-state index contributed by atoms with van der Waals surface area (Å²) in [6.45, 7) is 0. The highest BCUT2D eigenvalue weighted by atomic mass is 79.9. The molecular weight excluding hydrogens is 385 g/mol. The van der Waals surface area contributed by atoms with E-state index in [0.717, 1.165) is 22.0 Å². The number of halogens is 2. The molecule has 0 bridgehead atoms. The molecule has 0 saturated carbocycles. The molecule has 2 aromatic rings. The fourth-order valence-electron chi connectivity index (χ4n) is 4.09. The lowest BCUT2D eigenvalue weighted by atomic mass is 9.76. The summed E-state index contributed by atoms with van der Waals surface area (Å²) in [5.41, 5.74) is 2.57. The number of benzene rings is 2. The van der Waals surface area contributed by atoms with Crippen LogP contribution in [0.15, 0.2) is 47.0 Å². The van der Waals surface area contributed by atoms with Crippen LogP contribution >= 0.6 is 15.9 Å². The van der Waals surface area contributed by atoms with E-state index in [1.54, 1.807) is 14.2 Å². The van der Waals surface area contributed by atoms with E-state index in [2.05, 4.69) is 33.4 Å². The molecule has 0 aromatic heterocycles. The number of anilines is 1. The molecule has 0 spiro atoms. The molecule has 3 nitrogen and oxygen atoms in total. The zero-order valence-corrected chi connectivity index (χ0v) is 15.6. The number of ether oxygens (including phenoxy) is 2. The summed E-state index contributed by atoms with van der Waals surface area (Å²) < 4.78 is 26.5. The number of allylic oxidation sites excluding steroid dienone is 2. The van der Waals surface area contributed by atoms with Gasteiger partial charge in [-0.3, -0.25) is 0 Å². The molecule has 1 aliphatic carbocycles. The van der Waals surface area contributed by atoms with Crippen LogP contribution in [0, 0.1) is 11.7 Å². The van der Waals surface area contributed by atoms with E-state index in [1.807, 2.05) is 24.3 Å². The average molecular weight is 404 g/mol. The molecule has 1 N–H and O–H groups in total. The first kappa shape index (κ1) is 16.5. The van der Waals surface area contributed by atoms with Gasteiger partial charge in [-0.1, -0.05) is 40.2 Å². The first-order valence-electron chi connectivity index (χ1n) is 8.27. The van der Waals surface area contributed by atoms with E-state index in [-0.39, 0.29) is 17.8 Å². The van der Waals surface area contributed by atoms with Crippen LogP contribution in [0.2, 0.25) is 0 Å². The summed E-state index contributed by atoms with van der Waals surface area (Å²) in [6, 6.07) is 9.32. The average Bonchev–Trinajstić information content (AvgIpc) is 3.10. The zero-order valence-electron chi connectivity index (χ0n) is 14.1. The number of rotatable bonds is 3. The smallest absolute Gasteiger partial charge is 0.165 e. The first-order valence-corrected chi connectivity index (χ1v) is 9.06. The Morgan fingerprint density at radius 1 is 1.16 bits per heavy atom. The van der Waals surface area contributed by atoms with Crippen molar-refractivity contribution in [3.05, 3.63) is 63.9 Å². The lowest BCUT2D eigenvalue weighted by Crippen LogP contribution is -2.30. The maximum atomic E-state index is 14.6. The molecule has 25 heavy (non-hydrogen) atoms. The number of fused-ring (bicyclic) bond motifs is 3. The molecule has 0 radical (unpaired) electrons. The molecule has 0 amide bonds. The summed E-state index contributed by atoms with van der Waals surface area (Å²) in [7, 11) is 3.27. The Balaban J connectivity index is 1.85. The van der Waals surface area contributed by atoms with E-state index in [0.29, 0.717) is 23.1 Å². The molecule has 0 saturated heterocycles. The van der Waals surface area contributed by atoms with Crippen molar-refractivity contribution in [2.75, 3.05) is 19.5 Å². The Morgan fingerprint density at radius 3 is 2.76 bits per heavy atom. The minimum absolute atomic E-state index is 0.0479. The van der Waals surface area contributed by atoms with Gasteiger partial charge < -0.3 is 14.8 Å². The third-order valence-corrected chi connectivity index (χ3v) is 5.61. The summed E-state index contributed by atoms with van der Waals surface area (Å²) in [5.74, 6) is 1.64. The van der Waals surface area contributed by atoms with Gasteiger partial charge in [0.1, 0.15) is 5.82 Å². The minimum Gasteiger partial charge on any atom is -0.493 e. The van der Waals surface area contributed by atoms with Gasteiger partial charge in [-0.05, 0) is 36.1 Å². The summed E-state index contributed by atoms with van der Waals surface area (Å²) in [4.78, 5) is 0. The lowest BCUT2D eigenvalue weighted by molar-refractivity contribution is 0.340. The third kappa shape index (κ3) is 2.61. The Labute approximate surface area is 155 Å². The highest BCUT2D eigenvalue weighted by Gasteiger charge is 2.40. The van der Waals surface area contributed by atoms with E-state index in [4.69, 9.17) is 9.47 Å². The van der Waals surface area contributed by atoms with Crippen molar-refractivity contribution in [2.45, 2.75) is 18.4 Å². The maximum absolute atomic E-state index is 14.6. The molecule has 5 heteroatoms. The van der Waals surface area contributed by atoms with Crippen LogP contribution in [0.3, 0.4) is 0 Å². The van der Waals surface area contributed by atoms with Gasteiger partial charge in [0.2, 0.25) is 0 Å². The quantitative estimate of drug-likeness (QED) is 0.692. The fraction of sp³-hybridized carbons (Fsp3) is 0.300. The second-order valence-corrected chi connectivity index (χ2v) is 7.33. The van der Waals surface area contributed by atoms with Crippen LogP contribution in [-0.4, -0.2) is 14.2 Å². The monoisotopic (exact) mass is 403 g/mol. The molecule has 3 atom stereocenters. The Hall–Kier alpha value is -2.01. The van der Waals surface area contributed by atoms with Crippen molar-refractivity contribution in [3.8, 4) is 11.5 Å². The van der Waals surface area contributed by atoms with Crippen molar-refractivity contribution < 1.29 is 13.9 Å². The Bertz CT molecular complexity index is 852. The van der Waals surface area contributed by atoms with Crippen LogP contribution in [-0.2, 0) is 0 Å². The molecule has 4 rings (SSSR count). The van der Waals surface area contributed by atoms with Gasteiger partial charge in [-0.2, -0.15) is 0 Å². The Kier molecular flexibility index (Phi) is 4.20. The van der Waals surface area contributed by atoms with Crippen molar-refractivity contribution in [2.24, 2.45) is 5.92 Å². The Morgan fingerprint density at radius 2 is 2.00 bits per heavy atom. The van der Waals surface area contributed by atoms with E-state index in [1.165, 1.54) is 6.07 Å². The van der Waals surface area contributed by atoms with Crippen LogP contribution in [0.1, 0.15) is 29.5 Å². The van der Waals surface area contributed by atoms with Gasteiger partial charge in [-0.25, -0.2) is 4.39 Å². The number of hydrogen-bond donors (Lipinski definition) is 1. The molecule has 2 aliphatic rings. The number of para-hydroxylation sites is 1. The minimum atomic E-state index is -0.241. The van der Waals surface area contributed by atoms with Crippen LogP contribution in [0.5, 0.6) is 11.5 Å². The van der Waals surface area contributed by atoms with Crippen LogP contribution in [0.4, 0.5) is 10.1 Å². The normalized spacial score (nSPS) is 23.6. The second kappa shape index (κ2) is 6.37. The van der Waals surface area contributed by atoms with Crippen molar-refractivity contribution >= 4 is 21.6 Å². The standard InChI is InChI=1S/C20H19BrFNO2/c1-24-17-8-4-7-14(20(17)25-2)18-13-6-3-5-12(13)15-9-11(21)10-16(22)19(15)23-18/h3-5,7-10,12-13,18,23H,6H2,1-2H3/t12-,13-,18-/m1/s1. The topological polar surface area (TPSA) is 30.5 Å². The van der Waals surface area contributed by atoms with E-state index >= 15 is 0 Å². The van der Waals surface area contributed by atoms with Crippen LogP contribution < -0.4 is 14.8 Å². The van der Waals surface area contributed by atoms with Crippen LogP contribution in [0.25, 0.3) is 0 Å². The maximum Gasteiger partial charge on any atom is 0.165 e. The van der Waals surface area contributed by atoms with Crippen molar-refractivity contribution in [3.63, 3.8) is 0 Å². The zero-order chi connectivity index (χ0) is 17.6. The van der Waals surface area contributed by atoms with Gasteiger partial charge in [0.15, 0.2) is 11.5 Å². The highest BCUT2D eigenvalue weighted by Crippen LogP contribution is 2.53. The predicted octanol–water partition coefficient (Wildman–Crippen LogP) is 5.43. The van der Waals surface area contributed by atoms with Gasteiger partial charge in [0.05, 0.1) is 25.9 Å². The molecule has 1 heterocycles. The predicted molar refractivity (Wildman–Crippen MR) is 100.0 cm³/mol. The van der Waals surface area contributed by atoms with Gasteiger partial charge in [-0.15, -0.1) is 0 Å². The fourth-order valence-corrected chi connectivity index (χ4v) is 4.53. The molecule has 130 valence electrons.